The maximum absolute atomic E-state index is 14.3. The van der Waals surface area contributed by atoms with E-state index < -0.39 is 41.0 Å². The van der Waals surface area contributed by atoms with Crippen molar-refractivity contribution in [3.05, 3.63) is 59.6 Å². The van der Waals surface area contributed by atoms with Crippen molar-refractivity contribution < 1.29 is 24.2 Å². The van der Waals surface area contributed by atoms with E-state index in [1.54, 1.807) is 36.4 Å². The van der Waals surface area contributed by atoms with E-state index in [2.05, 4.69) is 10.6 Å². The second kappa shape index (κ2) is 9.67. The van der Waals surface area contributed by atoms with Crippen LogP contribution >= 0.6 is 11.6 Å². The van der Waals surface area contributed by atoms with Crippen molar-refractivity contribution in [2.75, 3.05) is 17.2 Å². The zero-order chi connectivity index (χ0) is 27.4. The van der Waals surface area contributed by atoms with Gasteiger partial charge in [0, 0.05) is 16.4 Å². The number of carbonyl (C=O) groups excluding carboxylic acids is 3. The highest BCUT2D eigenvalue weighted by atomic mass is 35.5. The van der Waals surface area contributed by atoms with Crippen molar-refractivity contribution in [3.8, 4) is 0 Å². The van der Waals surface area contributed by atoms with Crippen molar-refractivity contribution in [2.24, 2.45) is 23.7 Å². The van der Waals surface area contributed by atoms with Gasteiger partial charge in [0.25, 0.3) is 0 Å². The molecule has 0 saturated carbocycles. The van der Waals surface area contributed by atoms with Crippen molar-refractivity contribution in [1.29, 1.82) is 0 Å². The van der Waals surface area contributed by atoms with Gasteiger partial charge >= 0.3 is 0 Å². The number of aliphatic hydroxyl groups excluding tert-OH is 1. The third kappa shape index (κ3) is 4.01. The average Bonchev–Trinajstić information content (AvgIpc) is 3.38. The van der Waals surface area contributed by atoms with Crippen LogP contribution in [-0.4, -0.2) is 57.6 Å². The van der Waals surface area contributed by atoms with E-state index in [0.29, 0.717) is 22.8 Å². The minimum absolute atomic E-state index is 0.0875. The Kier molecular flexibility index (Phi) is 6.78. The van der Waals surface area contributed by atoms with Gasteiger partial charge in [0.15, 0.2) is 0 Å². The molecule has 202 valence electrons. The quantitative estimate of drug-likeness (QED) is 0.494. The SMILES string of the molecule is CC(C)[C@H](CO)N1C(=O)[C@@H]2[C@@H](C(=O)Nc3ccccc3)[C@]3(C)OC2(CC3C)C1C(=O)Nc1ccc(Cl)cc1. The van der Waals surface area contributed by atoms with Crippen LogP contribution in [0.3, 0.4) is 0 Å². The fraction of sp³-hybridized carbons (Fsp3) is 0.483. The predicted octanol–water partition coefficient (Wildman–Crippen LogP) is 3.94. The van der Waals surface area contributed by atoms with E-state index >= 15 is 0 Å². The van der Waals surface area contributed by atoms with Crippen LogP contribution in [0.25, 0.3) is 0 Å². The number of halogens is 1. The molecule has 7 atom stereocenters. The summed E-state index contributed by atoms with van der Waals surface area (Å²) in [5.74, 6) is -2.94. The molecule has 3 N–H and O–H groups in total. The van der Waals surface area contributed by atoms with Gasteiger partial charge in [0.05, 0.1) is 30.1 Å². The molecule has 2 aromatic carbocycles. The molecule has 3 aliphatic heterocycles. The number of fused-ring (bicyclic) bond motifs is 1. The molecule has 0 aliphatic carbocycles. The van der Waals surface area contributed by atoms with E-state index in [0.717, 1.165) is 0 Å². The molecular formula is C29H34ClN3O5. The summed E-state index contributed by atoms with van der Waals surface area (Å²) >= 11 is 6.02. The molecule has 3 amide bonds. The zero-order valence-electron chi connectivity index (χ0n) is 22.0. The third-order valence-electron chi connectivity index (χ3n) is 8.75. The first-order valence-corrected chi connectivity index (χ1v) is 13.5. The van der Waals surface area contributed by atoms with Gasteiger partial charge in [-0.25, -0.2) is 0 Å². The van der Waals surface area contributed by atoms with Gasteiger partial charge in [-0.05, 0) is 61.6 Å². The number of ether oxygens (including phenoxy) is 1. The first-order valence-electron chi connectivity index (χ1n) is 13.1. The van der Waals surface area contributed by atoms with E-state index in [1.807, 2.05) is 45.9 Å². The number of nitrogens with zero attached hydrogens (tertiary/aromatic N) is 1. The number of hydrogen-bond acceptors (Lipinski definition) is 5. The first kappa shape index (κ1) is 26.7. The molecular weight excluding hydrogens is 506 g/mol. The summed E-state index contributed by atoms with van der Waals surface area (Å²) in [5.41, 5.74) is -0.985. The van der Waals surface area contributed by atoms with Gasteiger partial charge in [-0.2, -0.15) is 0 Å². The summed E-state index contributed by atoms with van der Waals surface area (Å²) in [6.45, 7) is 7.36. The summed E-state index contributed by atoms with van der Waals surface area (Å²) in [4.78, 5) is 43.5. The molecule has 0 radical (unpaired) electrons. The fourth-order valence-corrected chi connectivity index (χ4v) is 6.96. The molecule has 8 nitrogen and oxygen atoms in total. The summed E-state index contributed by atoms with van der Waals surface area (Å²) in [5, 5.41) is 16.8. The highest BCUT2D eigenvalue weighted by Crippen LogP contribution is 2.65. The average molecular weight is 540 g/mol. The molecule has 3 unspecified atom stereocenters. The highest BCUT2D eigenvalue weighted by molar-refractivity contribution is 6.30. The molecule has 3 saturated heterocycles. The molecule has 38 heavy (non-hydrogen) atoms. The van der Waals surface area contributed by atoms with Gasteiger partial charge < -0.3 is 25.4 Å². The molecule has 3 fully saturated rings. The standard InChI is InChI=1S/C29H34ClN3O5/c1-16(2)21(15-34)33-24(26(36)32-20-12-10-18(30)11-13-20)29-14-17(3)28(4,38-29)22(23(29)27(33)37)25(35)31-19-8-6-5-7-9-19/h5-13,16-17,21-24,34H,14-15H2,1-4H3,(H,31,35)(H,32,36)/t17?,21-,22-,23-,24?,28+,29?/m0/s1. The number of aliphatic hydroxyl groups is 1. The normalized spacial score (nSPS) is 32.4. The van der Waals surface area contributed by atoms with Crippen LogP contribution in [0.15, 0.2) is 54.6 Å². The summed E-state index contributed by atoms with van der Waals surface area (Å²) in [6.07, 6.45) is 0.445. The maximum Gasteiger partial charge on any atom is 0.250 e. The molecule has 2 aromatic rings. The van der Waals surface area contributed by atoms with Crippen molar-refractivity contribution >= 4 is 40.7 Å². The Morgan fingerprint density at radius 2 is 1.68 bits per heavy atom. The van der Waals surface area contributed by atoms with Crippen molar-refractivity contribution in [3.63, 3.8) is 0 Å². The lowest BCUT2D eigenvalue weighted by atomic mass is 9.62. The van der Waals surface area contributed by atoms with Crippen LogP contribution in [0.1, 0.15) is 34.1 Å². The third-order valence-corrected chi connectivity index (χ3v) is 9.00. The Morgan fingerprint density at radius 3 is 2.29 bits per heavy atom. The van der Waals surface area contributed by atoms with E-state index in [4.69, 9.17) is 16.3 Å². The van der Waals surface area contributed by atoms with Crippen molar-refractivity contribution in [1.82, 2.24) is 4.90 Å². The van der Waals surface area contributed by atoms with E-state index in [-0.39, 0.29) is 30.3 Å². The lowest BCUT2D eigenvalue weighted by Gasteiger charge is -2.38. The smallest absolute Gasteiger partial charge is 0.250 e. The molecule has 5 rings (SSSR count). The fourth-order valence-electron chi connectivity index (χ4n) is 6.84. The Morgan fingerprint density at radius 1 is 1.08 bits per heavy atom. The second-order valence-corrected chi connectivity index (χ2v) is 11.7. The molecule has 3 heterocycles. The number of anilines is 2. The number of carbonyl (C=O) groups is 3. The molecule has 1 spiro atoms. The maximum atomic E-state index is 14.3. The van der Waals surface area contributed by atoms with Gasteiger partial charge in [-0.1, -0.05) is 50.6 Å². The first-order chi connectivity index (χ1) is 18.0. The largest absolute Gasteiger partial charge is 0.394 e. The van der Waals surface area contributed by atoms with Crippen LogP contribution in [0.5, 0.6) is 0 Å². The molecule has 0 aromatic heterocycles. The Labute approximate surface area is 227 Å². The minimum Gasteiger partial charge on any atom is -0.394 e. The number of amides is 3. The Balaban J connectivity index is 1.57. The number of rotatable bonds is 7. The summed E-state index contributed by atoms with van der Waals surface area (Å²) in [6, 6.07) is 14.2. The van der Waals surface area contributed by atoms with Gasteiger partial charge in [0.2, 0.25) is 17.7 Å². The number of nitrogens with one attached hydrogen (secondary N) is 2. The topological polar surface area (TPSA) is 108 Å². The lowest BCUT2D eigenvalue weighted by Crippen LogP contribution is -2.57. The van der Waals surface area contributed by atoms with Crippen LogP contribution in [0.4, 0.5) is 11.4 Å². The zero-order valence-corrected chi connectivity index (χ0v) is 22.7. The Hall–Kier alpha value is -2.94. The van der Waals surface area contributed by atoms with Gasteiger partial charge in [-0.15, -0.1) is 0 Å². The molecule has 2 bridgehead atoms. The number of para-hydroxylation sites is 1. The van der Waals surface area contributed by atoms with Gasteiger partial charge in [0.1, 0.15) is 11.6 Å². The number of likely N-dealkylation sites (tertiary alicyclic amines) is 1. The number of benzene rings is 2. The highest BCUT2D eigenvalue weighted by Gasteiger charge is 2.80. The van der Waals surface area contributed by atoms with Crippen LogP contribution in [0, 0.1) is 23.7 Å². The van der Waals surface area contributed by atoms with Crippen LogP contribution in [0.2, 0.25) is 5.02 Å². The molecule has 9 heteroatoms. The minimum atomic E-state index is -1.21. The van der Waals surface area contributed by atoms with Crippen molar-refractivity contribution in [2.45, 2.75) is 57.4 Å². The summed E-state index contributed by atoms with van der Waals surface area (Å²) < 4.78 is 6.73. The monoisotopic (exact) mass is 539 g/mol. The Bertz CT molecular complexity index is 1240. The summed E-state index contributed by atoms with van der Waals surface area (Å²) in [7, 11) is 0. The number of hydrogen-bond donors (Lipinski definition) is 3. The molecule has 3 aliphatic rings. The van der Waals surface area contributed by atoms with Crippen LogP contribution < -0.4 is 10.6 Å². The van der Waals surface area contributed by atoms with E-state index in [1.165, 1.54) is 4.90 Å². The van der Waals surface area contributed by atoms with Crippen LogP contribution in [-0.2, 0) is 19.1 Å². The lowest BCUT2D eigenvalue weighted by molar-refractivity contribution is -0.149. The van der Waals surface area contributed by atoms with E-state index in [9.17, 15) is 19.5 Å². The second-order valence-electron chi connectivity index (χ2n) is 11.3. The van der Waals surface area contributed by atoms with Gasteiger partial charge in [-0.3, -0.25) is 14.4 Å². The predicted molar refractivity (Wildman–Crippen MR) is 144 cm³/mol.